The Hall–Kier alpha value is -2.62. The van der Waals surface area contributed by atoms with E-state index in [4.69, 9.17) is 0 Å². The molecule has 0 saturated carbocycles. The molecule has 3 rings (SSSR count). The average Bonchev–Trinajstić information content (AvgIpc) is 2.49. The Morgan fingerprint density at radius 2 is 1.58 bits per heavy atom. The number of hydrogen-bond donors (Lipinski definition) is 0. The monoisotopic (exact) mass is 251 g/mol. The molecule has 3 nitrogen and oxygen atoms in total. The van der Waals surface area contributed by atoms with Gasteiger partial charge in [0.05, 0.1) is 5.69 Å². The van der Waals surface area contributed by atoms with Crippen LogP contribution in [0.2, 0.25) is 0 Å². The van der Waals surface area contributed by atoms with Gasteiger partial charge in [0.25, 0.3) is 0 Å². The maximum atomic E-state index is 12.9. The third-order valence-electron chi connectivity index (χ3n) is 2.69. The SMILES string of the molecule is Fc1ccc(-c2ccnc(-c3ccccn3)n2)cc1. The molecule has 1 aromatic carbocycles. The summed E-state index contributed by atoms with van der Waals surface area (Å²) in [7, 11) is 0. The highest BCUT2D eigenvalue weighted by atomic mass is 19.1. The van der Waals surface area contributed by atoms with Gasteiger partial charge in [0, 0.05) is 18.0 Å². The maximum Gasteiger partial charge on any atom is 0.178 e. The van der Waals surface area contributed by atoms with Crippen molar-refractivity contribution in [3.8, 4) is 22.8 Å². The topological polar surface area (TPSA) is 38.7 Å². The van der Waals surface area contributed by atoms with Crippen molar-refractivity contribution >= 4 is 0 Å². The fourth-order valence-corrected chi connectivity index (χ4v) is 1.76. The molecule has 0 aliphatic carbocycles. The van der Waals surface area contributed by atoms with Crippen LogP contribution in [0, 0.1) is 5.82 Å². The zero-order valence-corrected chi connectivity index (χ0v) is 9.99. The minimum atomic E-state index is -0.261. The van der Waals surface area contributed by atoms with E-state index in [0.29, 0.717) is 11.5 Å². The second kappa shape index (κ2) is 4.94. The standard InChI is InChI=1S/C15H10FN3/c16-12-6-4-11(5-7-12)13-8-10-18-15(19-13)14-3-1-2-9-17-14/h1-10H. The minimum Gasteiger partial charge on any atom is -0.253 e. The van der Waals surface area contributed by atoms with E-state index in [1.807, 2.05) is 18.2 Å². The van der Waals surface area contributed by atoms with E-state index in [-0.39, 0.29) is 5.82 Å². The Balaban J connectivity index is 2.03. The molecule has 0 N–H and O–H groups in total. The Bertz CT molecular complexity index is 681. The first-order chi connectivity index (χ1) is 9.33. The lowest BCUT2D eigenvalue weighted by atomic mass is 10.1. The van der Waals surface area contributed by atoms with Gasteiger partial charge in [-0.15, -0.1) is 0 Å². The lowest BCUT2D eigenvalue weighted by Crippen LogP contribution is -1.93. The van der Waals surface area contributed by atoms with Crippen molar-refractivity contribution in [1.29, 1.82) is 0 Å². The Morgan fingerprint density at radius 1 is 0.737 bits per heavy atom. The van der Waals surface area contributed by atoms with Gasteiger partial charge in [-0.3, -0.25) is 4.98 Å². The van der Waals surface area contributed by atoms with E-state index >= 15 is 0 Å². The molecule has 0 fully saturated rings. The molecule has 0 atom stereocenters. The van der Waals surface area contributed by atoms with Crippen LogP contribution in [-0.2, 0) is 0 Å². The van der Waals surface area contributed by atoms with Gasteiger partial charge in [0.15, 0.2) is 5.82 Å². The van der Waals surface area contributed by atoms with Gasteiger partial charge in [0.2, 0.25) is 0 Å². The third-order valence-corrected chi connectivity index (χ3v) is 2.69. The maximum absolute atomic E-state index is 12.9. The Labute approximate surface area is 109 Å². The fraction of sp³-hybridized carbons (Fsp3) is 0. The van der Waals surface area contributed by atoms with Gasteiger partial charge in [0.1, 0.15) is 11.5 Å². The molecular weight excluding hydrogens is 241 g/mol. The average molecular weight is 251 g/mol. The lowest BCUT2D eigenvalue weighted by molar-refractivity contribution is 0.628. The summed E-state index contributed by atoms with van der Waals surface area (Å²) in [6.07, 6.45) is 3.37. The van der Waals surface area contributed by atoms with Gasteiger partial charge in [-0.05, 0) is 42.5 Å². The number of benzene rings is 1. The van der Waals surface area contributed by atoms with E-state index < -0.39 is 0 Å². The molecule has 19 heavy (non-hydrogen) atoms. The van der Waals surface area contributed by atoms with Gasteiger partial charge in [-0.1, -0.05) is 6.07 Å². The van der Waals surface area contributed by atoms with Crippen LogP contribution in [0.25, 0.3) is 22.8 Å². The van der Waals surface area contributed by atoms with E-state index in [1.165, 1.54) is 12.1 Å². The molecule has 0 bridgehead atoms. The smallest absolute Gasteiger partial charge is 0.178 e. The number of pyridine rings is 1. The zero-order chi connectivity index (χ0) is 13.1. The van der Waals surface area contributed by atoms with Crippen LogP contribution in [-0.4, -0.2) is 15.0 Å². The zero-order valence-electron chi connectivity index (χ0n) is 9.99. The van der Waals surface area contributed by atoms with Gasteiger partial charge in [-0.25, -0.2) is 14.4 Å². The molecule has 0 radical (unpaired) electrons. The first-order valence-electron chi connectivity index (χ1n) is 5.83. The number of nitrogens with zero attached hydrogens (tertiary/aromatic N) is 3. The van der Waals surface area contributed by atoms with Crippen molar-refractivity contribution in [3.05, 3.63) is 66.7 Å². The van der Waals surface area contributed by atoms with E-state index in [1.54, 1.807) is 30.6 Å². The summed E-state index contributed by atoms with van der Waals surface area (Å²) in [6.45, 7) is 0. The van der Waals surface area contributed by atoms with Gasteiger partial charge in [-0.2, -0.15) is 0 Å². The highest BCUT2D eigenvalue weighted by molar-refractivity contribution is 5.61. The van der Waals surface area contributed by atoms with E-state index in [0.717, 1.165) is 11.3 Å². The molecule has 4 heteroatoms. The lowest BCUT2D eigenvalue weighted by Gasteiger charge is -2.03. The third kappa shape index (κ3) is 2.47. The fourth-order valence-electron chi connectivity index (χ4n) is 1.76. The summed E-state index contributed by atoms with van der Waals surface area (Å²) in [5.41, 5.74) is 2.31. The van der Waals surface area contributed by atoms with Crippen molar-refractivity contribution in [2.45, 2.75) is 0 Å². The second-order valence-electron chi connectivity index (χ2n) is 3.99. The molecule has 2 heterocycles. The Kier molecular flexibility index (Phi) is 2.98. The number of aromatic nitrogens is 3. The summed E-state index contributed by atoms with van der Waals surface area (Å²) in [5, 5.41) is 0. The molecule has 2 aromatic heterocycles. The van der Waals surface area contributed by atoms with Crippen molar-refractivity contribution in [2.24, 2.45) is 0 Å². The summed E-state index contributed by atoms with van der Waals surface area (Å²) in [4.78, 5) is 12.9. The van der Waals surface area contributed by atoms with Crippen molar-refractivity contribution in [3.63, 3.8) is 0 Å². The highest BCUT2D eigenvalue weighted by Gasteiger charge is 2.05. The predicted octanol–water partition coefficient (Wildman–Crippen LogP) is 3.34. The number of halogens is 1. The normalized spacial score (nSPS) is 10.4. The molecule has 0 spiro atoms. The van der Waals surface area contributed by atoms with Crippen LogP contribution in [0.3, 0.4) is 0 Å². The van der Waals surface area contributed by atoms with Crippen LogP contribution in [0.5, 0.6) is 0 Å². The van der Waals surface area contributed by atoms with E-state index in [2.05, 4.69) is 15.0 Å². The van der Waals surface area contributed by atoms with Gasteiger partial charge >= 0.3 is 0 Å². The van der Waals surface area contributed by atoms with Crippen LogP contribution in [0.1, 0.15) is 0 Å². The van der Waals surface area contributed by atoms with Gasteiger partial charge < -0.3 is 0 Å². The molecule has 3 aromatic rings. The first kappa shape index (κ1) is 11.5. The summed E-state index contributed by atoms with van der Waals surface area (Å²) < 4.78 is 12.9. The van der Waals surface area contributed by atoms with Crippen LogP contribution >= 0.6 is 0 Å². The summed E-state index contributed by atoms with van der Waals surface area (Å²) in [6, 6.07) is 13.6. The highest BCUT2D eigenvalue weighted by Crippen LogP contribution is 2.19. The molecule has 0 aliphatic heterocycles. The van der Waals surface area contributed by atoms with Crippen molar-refractivity contribution < 1.29 is 4.39 Å². The molecule has 0 saturated heterocycles. The molecule has 0 aliphatic rings. The van der Waals surface area contributed by atoms with Crippen LogP contribution in [0.15, 0.2) is 60.9 Å². The first-order valence-corrected chi connectivity index (χ1v) is 5.83. The van der Waals surface area contributed by atoms with Crippen LogP contribution < -0.4 is 0 Å². The van der Waals surface area contributed by atoms with E-state index in [9.17, 15) is 4.39 Å². The van der Waals surface area contributed by atoms with Crippen molar-refractivity contribution in [2.75, 3.05) is 0 Å². The molecule has 92 valence electrons. The predicted molar refractivity (Wildman–Crippen MR) is 70.7 cm³/mol. The van der Waals surface area contributed by atoms with Crippen LogP contribution in [0.4, 0.5) is 4.39 Å². The quantitative estimate of drug-likeness (QED) is 0.701. The van der Waals surface area contributed by atoms with Crippen molar-refractivity contribution in [1.82, 2.24) is 15.0 Å². The number of rotatable bonds is 2. The Morgan fingerprint density at radius 3 is 2.32 bits per heavy atom. The second-order valence-corrected chi connectivity index (χ2v) is 3.99. The summed E-state index contributed by atoms with van der Waals surface area (Å²) in [5.74, 6) is 0.296. The molecule has 0 amide bonds. The minimum absolute atomic E-state index is 0.261. The number of hydrogen-bond acceptors (Lipinski definition) is 3. The molecule has 0 unspecified atom stereocenters. The summed E-state index contributed by atoms with van der Waals surface area (Å²) >= 11 is 0. The molecular formula is C15H10FN3. The largest absolute Gasteiger partial charge is 0.253 e.